The molecule has 1 aromatic carbocycles. The molecule has 2 N–H and O–H groups in total. The highest BCUT2D eigenvalue weighted by molar-refractivity contribution is 6.01. The van der Waals surface area contributed by atoms with E-state index in [0.717, 1.165) is 57.1 Å². The summed E-state index contributed by atoms with van der Waals surface area (Å²) < 4.78 is 11.3. The summed E-state index contributed by atoms with van der Waals surface area (Å²) in [6.45, 7) is 7.19. The van der Waals surface area contributed by atoms with Crippen molar-refractivity contribution in [2.45, 2.75) is 62.9 Å². The molecule has 2 saturated heterocycles. The van der Waals surface area contributed by atoms with E-state index in [0.29, 0.717) is 6.04 Å². The molecule has 1 saturated carbocycles. The standard InChI is InChI=1S/C24H36N4O2/c1-29-22-16-20-21(15-18(22)17-25-9-12-28-10-2-3-11-28)27-23(24(20)7-4-8-24)26-19-5-13-30-14-6-19/h15-16,19,25H,2-14,17H2,1H3,(H,26,27). The molecule has 0 radical (unpaired) electrons. The first-order chi connectivity index (χ1) is 14.8. The van der Waals surface area contributed by atoms with Crippen LogP contribution in [-0.2, 0) is 16.7 Å². The zero-order chi connectivity index (χ0) is 20.4. The van der Waals surface area contributed by atoms with Gasteiger partial charge in [-0.3, -0.25) is 0 Å². The predicted octanol–water partition coefficient (Wildman–Crippen LogP) is 3.11. The van der Waals surface area contributed by atoms with Crippen LogP contribution in [0.3, 0.4) is 0 Å². The van der Waals surface area contributed by atoms with Gasteiger partial charge in [-0.25, -0.2) is 4.99 Å². The first-order valence-corrected chi connectivity index (χ1v) is 11.9. The Kier molecular flexibility index (Phi) is 5.98. The average Bonchev–Trinajstić information content (AvgIpc) is 3.36. The van der Waals surface area contributed by atoms with E-state index in [1.165, 1.54) is 62.2 Å². The Morgan fingerprint density at radius 2 is 1.97 bits per heavy atom. The smallest absolute Gasteiger partial charge is 0.123 e. The largest absolute Gasteiger partial charge is 0.496 e. The van der Waals surface area contributed by atoms with Gasteiger partial charge in [0.1, 0.15) is 11.6 Å². The number of likely N-dealkylation sites (tertiary alicyclic amines) is 1. The topological polar surface area (TPSA) is 58.1 Å². The third-order valence-electron chi connectivity index (χ3n) is 7.49. The fourth-order valence-electron chi connectivity index (χ4n) is 5.48. The zero-order valence-electron chi connectivity index (χ0n) is 18.3. The van der Waals surface area contributed by atoms with Crippen LogP contribution in [0, 0.1) is 0 Å². The molecule has 164 valence electrons. The molecular weight excluding hydrogens is 376 g/mol. The second-order valence-electron chi connectivity index (χ2n) is 9.33. The van der Waals surface area contributed by atoms with Gasteiger partial charge < -0.3 is 25.0 Å². The summed E-state index contributed by atoms with van der Waals surface area (Å²) in [5.74, 6) is 2.19. The van der Waals surface area contributed by atoms with Gasteiger partial charge in [-0.1, -0.05) is 6.42 Å². The monoisotopic (exact) mass is 412 g/mol. The van der Waals surface area contributed by atoms with Gasteiger partial charge in [0.05, 0.1) is 18.2 Å². The Hall–Kier alpha value is -1.63. The molecular formula is C24H36N4O2. The van der Waals surface area contributed by atoms with E-state index in [1.807, 2.05) is 0 Å². The molecule has 6 nitrogen and oxygen atoms in total. The molecule has 0 aromatic heterocycles. The molecule has 0 bridgehead atoms. The van der Waals surface area contributed by atoms with Crippen molar-refractivity contribution in [1.29, 1.82) is 0 Å². The average molecular weight is 413 g/mol. The van der Waals surface area contributed by atoms with Gasteiger partial charge in [0, 0.05) is 44.5 Å². The van der Waals surface area contributed by atoms with Crippen LogP contribution in [0.25, 0.3) is 0 Å². The molecule has 4 aliphatic rings. The van der Waals surface area contributed by atoms with Crippen LogP contribution in [0.1, 0.15) is 56.1 Å². The summed E-state index contributed by atoms with van der Waals surface area (Å²) in [5.41, 5.74) is 3.80. The molecule has 1 aromatic rings. The van der Waals surface area contributed by atoms with E-state index < -0.39 is 0 Å². The maximum absolute atomic E-state index is 5.81. The summed E-state index contributed by atoms with van der Waals surface area (Å²) in [4.78, 5) is 7.67. The third-order valence-corrected chi connectivity index (χ3v) is 7.49. The summed E-state index contributed by atoms with van der Waals surface area (Å²) in [6.07, 6.45) is 8.49. The third kappa shape index (κ3) is 3.85. The normalized spacial score (nSPS) is 23.3. The maximum atomic E-state index is 5.81. The zero-order valence-corrected chi connectivity index (χ0v) is 18.3. The molecule has 6 heteroatoms. The van der Waals surface area contributed by atoms with Crippen molar-refractivity contribution >= 4 is 11.5 Å². The second kappa shape index (κ2) is 8.85. The maximum Gasteiger partial charge on any atom is 0.123 e. The minimum Gasteiger partial charge on any atom is -0.496 e. The molecule has 3 fully saturated rings. The van der Waals surface area contributed by atoms with Crippen LogP contribution in [0.15, 0.2) is 17.1 Å². The Labute approximate surface area is 180 Å². The summed E-state index contributed by atoms with van der Waals surface area (Å²) in [5, 5.41) is 7.43. The summed E-state index contributed by atoms with van der Waals surface area (Å²) in [6, 6.07) is 5.02. The number of methoxy groups -OCH3 is 1. The lowest BCUT2D eigenvalue weighted by Crippen LogP contribution is -2.51. The molecule has 30 heavy (non-hydrogen) atoms. The fraction of sp³-hybridized carbons (Fsp3) is 0.708. The van der Waals surface area contributed by atoms with Crippen LogP contribution < -0.4 is 15.4 Å². The van der Waals surface area contributed by atoms with Gasteiger partial charge in [0.25, 0.3) is 0 Å². The minimum absolute atomic E-state index is 0.0859. The number of nitrogens with one attached hydrogen (secondary N) is 2. The van der Waals surface area contributed by atoms with Gasteiger partial charge in [0.2, 0.25) is 0 Å². The van der Waals surface area contributed by atoms with Crippen LogP contribution >= 0.6 is 0 Å². The number of hydrogen-bond donors (Lipinski definition) is 2. The Morgan fingerprint density at radius 1 is 1.17 bits per heavy atom. The quantitative estimate of drug-likeness (QED) is 0.674. The number of benzene rings is 1. The van der Waals surface area contributed by atoms with Crippen LogP contribution in [-0.4, -0.2) is 63.3 Å². The van der Waals surface area contributed by atoms with Crippen molar-refractivity contribution in [2.75, 3.05) is 46.5 Å². The number of aliphatic imine (C=N–C) groups is 1. The lowest BCUT2D eigenvalue weighted by atomic mass is 9.64. The highest BCUT2D eigenvalue weighted by atomic mass is 16.5. The Morgan fingerprint density at radius 3 is 2.67 bits per heavy atom. The summed E-state index contributed by atoms with van der Waals surface area (Å²) in [7, 11) is 1.79. The lowest BCUT2D eigenvalue weighted by Gasteiger charge is -2.42. The molecule has 1 spiro atoms. The predicted molar refractivity (Wildman–Crippen MR) is 120 cm³/mol. The highest BCUT2D eigenvalue weighted by Gasteiger charge is 2.49. The first-order valence-electron chi connectivity index (χ1n) is 11.9. The second-order valence-corrected chi connectivity index (χ2v) is 9.33. The number of rotatable bonds is 7. The highest BCUT2D eigenvalue weighted by Crippen LogP contribution is 2.53. The molecule has 0 amide bonds. The van der Waals surface area contributed by atoms with Crippen LogP contribution in [0.2, 0.25) is 0 Å². The fourth-order valence-corrected chi connectivity index (χ4v) is 5.48. The Bertz CT molecular complexity index is 778. The molecule has 1 aliphatic carbocycles. The minimum atomic E-state index is 0.0859. The van der Waals surface area contributed by atoms with Crippen molar-refractivity contribution in [1.82, 2.24) is 15.5 Å². The first kappa shape index (κ1) is 20.3. The molecule has 3 aliphatic heterocycles. The van der Waals surface area contributed by atoms with Gasteiger partial charge in [-0.15, -0.1) is 0 Å². The van der Waals surface area contributed by atoms with Crippen molar-refractivity contribution in [2.24, 2.45) is 4.99 Å². The van der Waals surface area contributed by atoms with Gasteiger partial charge in [-0.2, -0.15) is 0 Å². The van der Waals surface area contributed by atoms with Crippen molar-refractivity contribution in [3.8, 4) is 5.75 Å². The molecule has 5 rings (SSSR count). The van der Waals surface area contributed by atoms with E-state index in [9.17, 15) is 0 Å². The van der Waals surface area contributed by atoms with E-state index in [4.69, 9.17) is 14.5 Å². The Balaban J connectivity index is 1.30. The van der Waals surface area contributed by atoms with E-state index in [-0.39, 0.29) is 5.41 Å². The van der Waals surface area contributed by atoms with E-state index in [2.05, 4.69) is 27.7 Å². The molecule has 3 heterocycles. The number of fused-ring (bicyclic) bond motifs is 2. The van der Waals surface area contributed by atoms with Crippen molar-refractivity contribution < 1.29 is 9.47 Å². The van der Waals surface area contributed by atoms with Gasteiger partial charge >= 0.3 is 0 Å². The molecule has 0 atom stereocenters. The van der Waals surface area contributed by atoms with Crippen LogP contribution in [0.5, 0.6) is 5.75 Å². The summed E-state index contributed by atoms with van der Waals surface area (Å²) >= 11 is 0. The van der Waals surface area contributed by atoms with Crippen molar-refractivity contribution in [3.05, 3.63) is 23.3 Å². The number of nitrogens with zero attached hydrogens (tertiary/aromatic N) is 2. The van der Waals surface area contributed by atoms with E-state index in [1.54, 1.807) is 7.11 Å². The number of hydrogen-bond acceptors (Lipinski definition) is 6. The number of ether oxygens (including phenoxy) is 2. The van der Waals surface area contributed by atoms with Crippen molar-refractivity contribution in [3.63, 3.8) is 0 Å². The van der Waals surface area contributed by atoms with Gasteiger partial charge in [0.15, 0.2) is 0 Å². The molecule has 0 unspecified atom stereocenters. The number of amidine groups is 1. The van der Waals surface area contributed by atoms with E-state index >= 15 is 0 Å². The lowest BCUT2D eigenvalue weighted by molar-refractivity contribution is 0.0817. The SMILES string of the molecule is COc1cc2c(cc1CNCCN1CCCC1)N=C(NC1CCOCC1)C21CCC1. The van der Waals surface area contributed by atoms with Gasteiger partial charge in [-0.05, 0) is 69.3 Å². The van der Waals surface area contributed by atoms with Crippen LogP contribution in [0.4, 0.5) is 5.69 Å².